The number of fused-ring (bicyclic) bond motifs is 1. The first-order chi connectivity index (χ1) is 12.0. The van der Waals surface area contributed by atoms with Gasteiger partial charge in [-0.1, -0.05) is 38.1 Å². The molecule has 0 aliphatic carbocycles. The van der Waals surface area contributed by atoms with Crippen molar-refractivity contribution in [2.75, 3.05) is 11.4 Å². The van der Waals surface area contributed by atoms with Crippen molar-refractivity contribution < 1.29 is 9.59 Å². The number of carbonyl (C=O) groups is 2. The van der Waals surface area contributed by atoms with E-state index in [4.69, 9.17) is 5.73 Å². The molecule has 0 bridgehead atoms. The molecule has 1 aliphatic rings. The van der Waals surface area contributed by atoms with Gasteiger partial charge in [-0.25, -0.2) is 0 Å². The Morgan fingerprint density at radius 2 is 1.92 bits per heavy atom. The lowest BCUT2D eigenvalue weighted by Crippen LogP contribution is -2.45. The second kappa shape index (κ2) is 6.94. The highest BCUT2D eigenvalue weighted by Gasteiger charge is 2.31. The number of hydrogen-bond donors (Lipinski definition) is 1. The van der Waals surface area contributed by atoms with E-state index in [1.54, 1.807) is 12.3 Å². The molecule has 128 valence electrons. The lowest BCUT2D eigenvalue weighted by molar-refractivity contribution is -0.124. The van der Waals surface area contributed by atoms with Crippen LogP contribution in [-0.2, 0) is 9.59 Å². The Balaban J connectivity index is 2.13. The van der Waals surface area contributed by atoms with Gasteiger partial charge in [0.15, 0.2) is 11.9 Å². The summed E-state index contributed by atoms with van der Waals surface area (Å²) < 4.78 is 0. The molecule has 2 N–H and O–H groups in total. The number of pyridine rings is 1. The molecule has 1 aromatic carbocycles. The van der Waals surface area contributed by atoms with Crippen molar-refractivity contribution in [2.45, 2.75) is 20.0 Å². The fourth-order valence-corrected chi connectivity index (χ4v) is 2.66. The number of para-hydroxylation sites is 1. The van der Waals surface area contributed by atoms with Crippen LogP contribution in [0.3, 0.4) is 0 Å². The number of nitrogens with zero attached hydrogens (tertiary/aromatic N) is 3. The van der Waals surface area contributed by atoms with Crippen LogP contribution in [-0.4, -0.2) is 35.1 Å². The molecular formula is C19H20N4O2. The van der Waals surface area contributed by atoms with Gasteiger partial charge < -0.3 is 10.6 Å². The van der Waals surface area contributed by atoms with E-state index in [-0.39, 0.29) is 18.2 Å². The first-order valence-corrected chi connectivity index (χ1v) is 8.17. The Morgan fingerprint density at radius 1 is 1.20 bits per heavy atom. The molecule has 0 radical (unpaired) electrons. The molecule has 1 aliphatic heterocycles. The number of Topliss-reactive ketones (excluding diaryl/α,β-unsaturated/α-hetero) is 1. The van der Waals surface area contributed by atoms with Gasteiger partial charge in [0.25, 0.3) is 5.91 Å². The van der Waals surface area contributed by atoms with Crippen LogP contribution in [0.4, 0.5) is 5.69 Å². The highest BCUT2D eigenvalue weighted by Crippen LogP contribution is 2.27. The summed E-state index contributed by atoms with van der Waals surface area (Å²) in [4.78, 5) is 35.2. The maximum atomic E-state index is 12.8. The Kier molecular flexibility index (Phi) is 4.72. The smallest absolute Gasteiger partial charge is 0.266 e. The van der Waals surface area contributed by atoms with E-state index in [9.17, 15) is 9.59 Å². The fourth-order valence-electron chi connectivity index (χ4n) is 2.66. The lowest BCUT2D eigenvalue weighted by atomic mass is 10.0. The molecule has 25 heavy (non-hydrogen) atoms. The minimum atomic E-state index is -1.08. The Bertz CT molecular complexity index is 830. The zero-order chi connectivity index (χ0) is 18.0. The van der Waals surface area contributed by atoms with Gasteiger partial charge in [-0.05, 0) is 18.2 Å². The summed E-state index contributed by atoms with van der Waals surface area (Å²) in [7, 11) is 0. The largest absolute Gasteiger partial charge is 0.302 e. The normalized spacial score (nSPS) is 17.1. The Morgan fingerprint density at radius 3 is 2.60 bits per heavy atom. The predicted molar refractivity (Wildman–Crippen MR) is 96.5 cm³/mol. The summed E-state index contributed by atoms with van der Waals surface area (Å²) in [5.41, 5.74) is 8.56. The molecule has 0 saturated carbocycles. The van der Waals surface area contributed by atoms with Gasteiger partial charge in [0.2, 0.25) is 0 Å². The summed E-state index contributed by atoms with van der Waals surface area (Å²) in [6, 6.07) is 12.8. The third-order valence-corrected chi connectivity index (χ3v) is 4.10. The predicted octanol–water partition coefficient (Wildman–Crippen LogP) is 1.78. The monoisotopic (exact) mass is 336 g/mol. The van der Waals surface area contributed by atoms with Crippen LogP contribution < -0.4 is 10.6 Å². The van der Waals surface area contributed by atoms with Crippen molar-refractivity contribution in [2.24, 2.45) is 16.6 Å². The van der Waals surface area contributed by atoms with Gasteiger partial charge >= 0.3 is 0 Å². The van der Waals surface area contributed by atoms with Gasteiger partial charge in [0.05, 0.1) is 23.6 Å². The molecule has 1 atom stereocenters. The van der Waals surface area contributed by atoms with Crippen LogP contribution >= 0.6 is 0 Å². The van der Waals surface area contributed by atoms with E-state index in [0.717, 1.165) is 5.56 Å². The number of anilines is 1. The molecule has 1 unspecified atom stereocenters. The van der Waals surface area contributed by atoms with Gasteiger partial charge in [-0.3, -0.25) is 19.6 Å². The molecule has 3 rings (SSSR count). The average Bonchev–Trinajstić information content (AvgIpc) is 2.73. The minimum Gasteiger partial charge on any atom is -0.302 e. The third kappa shape index (κ3) is 3.34. The number of benzodiazepines with no additional fused rings is 1. The second-order valence-electron chi connectivity index (χ2n) is 6.20. The molecule has 0 fully saturated rings. The highest BCUT2D eigenvalue weighted by atomic mass is 16.2. The number of amides is 1. The molecule has 1 aromatic heterocycles. The van der Waals surface area contributed by atoms with E-state index < -0.39 is 12.1 Å². The first kappa shape index (κ1) is 17.0. The number of nitrogens with two attached hydrogens (primary N) is 1. The number of rotatable bonds is 4. The maximum absolute atomic E-state index is 12.8. The summed E-state index contributed by atoms with van der Waals surface area (Å²) in [5, 5.41) is 0. The molecular weight excluding hydrogens is 316 g/mol. The summed E-state index contributed by atoms with van der Waals surface area (Å²) in [6.07, 6.45) is 0.586. The average molecular weight is 336 g/mol. The number of carbonyl (C=O) groups excluding carboxylic acids is 2. The first-order valence-electron chi connectivity index (χ1n) is 8.17. The summed E-state index contributed by atoms with van der Waals surface area (Å²) in [6.45, 7) is 3.60. The molecule has 2 heterocycles. The number of benzene rings is 1. The van der Waals surface area contributed by atoms with E-state index in [1.165, 1.54) is 4.90 Å². The zero-order valence-corrected chi connectivity index (χ0v) is 14.2. The number of aromatic nitrogens is 1. The SMILES string of the molecule is CC(C)C(=O)CN1C(=O)C(N)N=C(c2ccccn2)c2ccccc21. The van der Waals surface area contributed by atoms with Gasteiger partial charge in [-0.2, -0.15) is 0 Å². The van der Waals surface area contributed by atoms with Gasteiger partial charge in [0, 0.05) is 17.7 Å². The standard InChI is InChI=1S/C19H20N4O2/c1-12(2)16(24)11-23-15-9-4-3-7-13(15)17(22-18(20)19(23)25)14-8-5-6-10-21-14/h3-10,12,18H,11,20H2,1-2H3. The number of ketones is 1. The quantitative estimate of drug-likeness (QED) is 0.921. The Labute approximate surface area is 146 Å². The highest BCUT2D eigenvalue weighted by molar-refractivity contribution is 6.19. The van der Waals surface area contributed by atoms with E-state index >= 15 is 0 Å². The number of hydrogen-bond acceptors (Lipinski definition) is 5. The molecule has 2 aromatic rings. The summed E-state index contributed by atoms with van der Waals surface area (Å²) >= 11 is 0. The minimum absolute atomic E-state index is 0.0216. The van der Waals surface area contributed by atoms with Crippen molar-refractivity contribution in [3.8, 4) is 0 Å². The van der Waals surface area contributed by atoms with Gasteiger partial charge in [-0.15, -0.1) is 0 Å². The van der Waals surface area contributed by atoms with E-state index in [2.05, 4.69) is 9.98 Å². The zero-order valence-electron chi connectivity index (χ0n) is 14.2. The molecule has 6 heteroatoms. The van der Waals surface area contributed by atoms with Crippen molar-refractivity contribution in [3.05, 3.63) is 59.9 Å². The van der Waals surface area contributed by atoms with Crippen LogP contribution in [0, 0.1) is 5.92 Å². The Hall–Kier alpha value is -2.86. The van der Waals surface area contributed by atoms with Crippen LogP contribution in [0.5, 0.6) is 0 Å². The van der Waals surface area contributed by atoms with Crippen LogP contribution in [0.25, 0.3) is 0 Å². The third-order valence-electron chi connectivity index (χ3n) is 4.10. The van der Waals surface area contributed by atoms with E-state index in [0.29, 0.717) is 17.1 Å². The maximum Gasteiger partial charge on any atom is 0.266 e. The van der Waals surface area contributed by atoms with Crippen LogP contribution in [0.15, 0.2) is 53.7 Å². The van der Waals surface area contributed by atoms with Crippen LogP contribution in [0.1, 0.15) is 25.1 Å². The fraction of sp³-hybridized carbons (Fsp3) is 0.263. The van der Waals surface area contributed by atoms with Crippen molar-refractivity contribution in [1.82, 2.24) is 4.98 Å². The second-order valence-corrected chi connectivity index (χ2v) is 6.20. The molecule has 6 nitrogen and oxygen atoms in total. The lowest BCUT2D eigenvalue weighted by Gasteiger charge is -2.24. The summed E-state index contributed by atoms with van der Waals surface area (Å²) in [5.74, 6) is -0.598. The number of aliphatic imine (C=N–C) groups is 1. The molecule has 0 saturated heterocycles. The van der Waals surface area contributed by atoms with Crippen LogP contribution in [0.2, 0.25) is 0 Å². The molecule has 0 spiro atoms. The van der Waals surface area contributed by atoms with Crippen molar-refractivity contribution >= 4 is 23.1 Å². The van der Waals surface area contributed by atoms with E-state index in [1.807, 2.05) is 50.2 Å². The van der Waals surface area contributed by atoms with Gasteiger partial charge in [0.1, 0.15) is 0 Å². The van der Waals surface area contributed by atoms with Crippen molar-refractivity contribution in [3.63, 3.8) is 0 Å². The van der Waals surface area contributed by atoms with Crippen molar-refractivity contribution in [1.29, 1.82) is 0 Å². The molecule has 1 amide bonds. The topological polar surface area (TPSA) is 88.7 Å².